The van der Waals surface area contributed by atoms with Crippen LogP contribution in [0.3, 0.4) is 0 Å². The molecule has 8 heteroatoms. The average molecular weight is 760 g/mol. The van der Waals surface area contributed by atoms with E-state index in [1.807, 2.05) is 12.1 Å². The third-order valence-electron chi connectivity index (χ3n) is 13.5. The van der Waals surface area contributed by atoms with Crippen LogP contribution in [-0.4, -0.2) is 14.5 Å². The minimum atomic E-state index is -3.81. The molecule has 1 aliphatic carbocycles. The van der Waals surface area contributed by atoms with Gasteiger partial charge >= 0.3 is 0 Å². The molecule has 6 aliphatic rings. The van der Waals surface area contributed by atoms with Crippen LogP contribution in [0.25, 0.3) is 0 Å². The van der Waals surface area contributed by atoms with Crippen LogP contribution in [0.4, 0.5) is 51.2 Å². The zero-order valence-electron chi connectivity index (χ0n) is 31.9. The molecule has 0 bridgehead atoms. The van der Waals surface area contributed by atoms with Gasteiger partial charge in [-0.05, 0) is 102 Å². The maximum Gasteiger partial charge on any atom is 0.206 e. The van der Waals surface area contributed by atoms with Gasteiger partial charge in [0, 0.05) is 28.1 Å². The monoisotopic (exact) mass is 759 g/mol. The Morgan fingerprint density at radius 1 is 0.579 bits per heavy atom. The Bertz CT molecular complexity index is 3030. The average Bonchev–Trinajstić information content (AvgIpc) is 3.23. The number of allylic oxidation sites excluding steroid dienone is 1. The molecule has 0 saturated carbocycles. The van der Waals surface area contributed by atoms with E-state index < -0.39 is 9.84 Å². The molecule has 6 aromatic rings. The van der Waals surface area contributed by atoms with E-state index in [1.165, 1.54) is 51.6 Å². The first kappa shape index (κ1) is 32.7. The van der Waals surface area contributed by atoms with E-state index in [1.54, 1.807) is 24.3 Å². The molecule has 0 N–H and O–H groups in total. The minimum absolute atomic E-state index is 0.0411. The molecule has 2 atom stereocenters. The van der Waals surface area contributed by atoms with Gasteiger partial charge in [0.25, 0.3) is 0 Å². The summed E-state index contributed by atoms with van der Waals surface area (Å²) in [4.78, 5) is 10.4. The molecule has 0 fully saturated rings. The standard InChI is InChI=1S/C49H37N5O2S/c1-48(2)33-11-5-7-13-37(33)52-41-17-9-15-39-45(41)54-46-40(51(39)30-21-25-32(26-22-30)57(55,56)31-23-19-29(28-50)20-24-31)16-10-18-42(46)53-38-14-8-6-12-34(38)49(3,4)36-27-35(48)43(52)47(54)44(36)53/h5-27,35,43H,1-4H3. The molecule has 5 heterocycles. The van der Waals surface area contributed by atoms with Crippen LogP contribution in [0.15, 0.2) is 166 Å². The summed E-state index contributed by atoms with van der Waals surface area (Å²) >= 11 is 0. The summed E-state index contributed by atoms with van der Waals surface area (Å²) in [5.41, 5.74) is 16.5. The molecule has 276 valence electrons. The number of hydrogen-bond acceptors (Lipinski definition) is 7. The molecule has 6 aromatic carbocycles. The lowest BCUT2D eigenvalue weighted by atomic mass is 9.59. The molecule has 0 aromatic heterocycles. The Hall–Kier alpha value is -6.56. The molecular weight excluding hydrogens is 723 g/mol. The predicted octanol–water partition coefficient (Wildman–Crippen LogP) is 11.3. The highest BCUT2D eigenvalue weighted by Gasteiger charge is 2.60. The second-order valence-electron chi connectivity index (χ2n) is 17.0. The van der Waals surface area contributed by atoms with Crippen molar-refractivity contribution >= 4 is 61.0 Å². The third-order valence-corrected chi connectivity index (χ3v) is 15.3. The smallest absolute Gasteiger partial charge is 0.206 e. The molecule has 0 amide bonds. The fourth-order valence-electron chi connectivity index (χ4n) is 10.8. The van der Waals surface area contributed by atoms with Crippen molar-refractivity contribution in [1.29, 1.82) is 5.26 Å². The summed E-state index contributed by atoms with van der Waals surface area (Å²) in [5, 5.41) is 9.27. The Kier molecular flexibility index (Phi) is 6.09. The zero-order chi connectivity index (χ0) is 38.7. The number of nitrogens with zero attached hydrogens (tertiary/aromatic N) is 5. The fraction of sp³-hybridized carbons (Fsp3) is 0.163. The number of sulfone groups is 1. The van der Waals surface area contributed by atoms with Gasteiger partial charge in [0.1, 0.15) is 0 Å². The Balaban J connectivity index is 1.14. The van der Waals surface area contributed by atoms with Crippen molar-refractivity contribution in [3.8, 4) is 6.07 Å². The topological polar surface area (TPSA) is 70.9 Å². The van der Waals surface area contributed by atoms with Gasteiger partial charge < -0.3 is 19.6 Å². The second kappa shape index (κ2) is 10.6. The van der Waals surface area contributed by atoms with Crippen LogP contribution in [0, 0.1) is 17.2 Å². The van der Waals surface area contributed by atoms with Gasteiger partial charge in [0.15, 0.2) is 0 Å². The molecule has 5 aliphatic heterocycles. The molecule has 0 saturated heterocycles. The molecule has 12 rings (SSSR count). The van der Waals surface area contributed by atoms with Gasteiger partial charge in [0.2, 0.25) is 9.84 Å². The summed E-state index contributed by atoms with van der Waals surface area (Å²) in [7, 11) is -3.81. The molecule has 7 nitrogen and oxygen atoms in total. The maximum atomic E-state index is 13.8. The predicted molar refractivity (Wildman–Crippen MR) is 225 cm³/mol. The first-order valence-corrected chi connectivity index (χ1v) is 21.0. The summed E-state index contributed by atoms with van der Waals surface area (Å²) in [6, 6.07) is 46.5. The zero-order valence-corrected chi connectivity index (χ0v) is 32.7. The first-order valence-electron chi connectivity index (χ1n) is 19.5. The van der Waals surface area contributed by atoms with Gasteiger partial charge in [-0.25, -0.2) is 8.42 Å². The van der Waals surface area contributed by atoms with Crippen molar-refractivity contribution in [2.24, 2.45) is 5.92 Å². The first-order chi connectivity index (χ1) is 27.5. The van der Waals surface area contributed by atoms with Crippen LogP contribution in [-0.2, 0) is 20.7 Å². The minimum Gasteiger partial charge on any atom is -0.330 e. The Morgan fingerprint density at radius 2 is 1.12 bits per heavy atom. The van der Waals surface area contributed by atoms with Gasteiger partial charge in [-0.1, -0.05) is 82.3 Å². The highest BCUT2D eigenvalue weighted by Crippen LogP contribution is 2.70. The van der Waals surface area contributed by atoms with E-state index in [2.05, 4.69) is 144 Å². The van der Waals surface area contributed by atoms with Gasteiger partial charge in [-0.2, -0.15) is 5.26 Å². The Morgan fingerprint density at radius 3 is 1.79 bits per heavy atom. The maximum absolute atomic E-state index is 13.8. The number of rotatable bonds is 3. The lowest BCUT2D eigenvalue weighted by molar-refractivity contribution is 0.311. The van der Waals surface area contributed by atoms with Crippen LogP contribution in [0.1, 0.15) is 44.4 Å². The van der Waals surface area contributed by atoms with Crippen molar-refractivity contribution in [2.75, 3.05) is 19.6 Å². The highest BCUT2D eigenvalue weighted by molar-refractivity contribution is 7.91. The summed E-state index contributed by atoms with van der Waals surface area (Å²) < 4.78 is 27.6. The van der Waals surface area contributed by atoms with E-state index >= 15 is 0 Å². The number of fused-ring (bicyclic) bond motifs is 6. The van der Waals surface area contributed by atoms with Crippen molar-refractivity contribution in [1.82, 2.24) is 0 Å². The van der Waals surface area contributed by atoms with Crippen LogP contribution in [0.5, 0.6) is 0 Å². The largest absolute Gasteiger partial charge is 0.330 e. The van der Waals surface area contributed by atoms with Gasteiger partial charge in [-0.3, -0.25) is 0 Å². The third kappa shape index (κ3) is 3.88. The molecule has 0 spiro atoms. The number of benzene rings is 6. The van der Waals surface area contributed by atoms with Crippen molar-refractivity contribution in [2.45, 2.75) is 54.4 Å². The van der Waals surface area contributed by atoms with E-state index in [4.69, 9.17) is 0 Å². The number of nitriles is 1. The molecule has 57 heavy (non-hydrogen) atoms. The van der Waals surface area contributed by atoms with E-state index in [-0.39, 0.29) is 32.6 Å². The van der Waals surface area contributed by atoms with Crippen molar-refractivity contribution < 1.29 is 8.42 Å². The summed E-state index contributed by atoms with van der Waals surface area (Å²) in [6.07, 6.45) is 2.63. The second-order valence-corrected chi connectivity index (χ2v) is 18.9. The fourth-order valence-corrected chi connectivity index (χ4v) is 12.1. The van der Waals surface area contributed by atoms with Crippen molar-refractivity contribution in [3.05, 3.63) is 173 Å². The Labute approximate surface area is 332 Å². The van der Waals surface area contributed by atoms with E-state index in [0.717, 1.165) is 39.8 Å². The number of anilines is 9. The summed E-state index contributed by atoms with van der Waals surface area (Å²) in [6.45, 7) is 9.63. The molecular formula is C49H37N5O2S. The molecule has 0 radical (unpaired) electrons. The quantitative estimate of drug-likeness (QED) is 0.178. The van der Waals surface area contributed by atoms with Crippen LogP contribution >= 0.6 is 0 Å². The van der Waals surface area contributed by atoms with E-state index in [9.17, 15) is 13.7 Å². The normalized spacial score (nSPS) is 20.6. The SMILES string of the molecule is CC1(C)C2=CC3C4C5=C2N(c2ccccc21)c1cccc2c1N5c1c(cccc1N4c1ccccc1C3(C)C)N2c1ccc(S(=O)(=O)c2ccc(C#N)cc2)cc1. The number of para-hydroxylation sites is 4. The van der Waals surface area contributed by atoms with Crippen LogP contribution in [0.2, 0.25) is 0 Å². The lowest BCUT2D eigenvalue weighted by Gasteiger charge is -2.63. The van der Waals surface area contributed by atoms with Gasteiger partial charge in [-0.15, -0.1) is 0 Å². The van der Waals surface area contributed by atoms with Crippen molar-refractivity contribution in [3.63, 3.8) is 0 Å². The summed E-state index contributed by atoms with van der Waals surface area (Å²) in [5.74, 6) is 0.182. The van der Waals surface area contributed by atoms with Gasteiger partial charge in [0.05, 0.1) is 78.7 Å². The van der Waals surface area contributed by atoms with E-state index in [0.29, 0.717) is 5.56 Å². The lowest BCUT2D eigenvalue weighted by Crippen LogP contribution is -2.60. The van der Waals surface area contributed by atoms with Crippen LogP contribution < -0.4 is 19.6 Å². The number of hydrogen-bond donors (Lipinski definition) is 0. The molecule has 2 unspecified atom stereocenters. The highest BCUT2D eigenvalue weighted by atomic mass is 32.2.